The van der Waals surface area contributed by atoms with E-state index in [0.29, 0.717) is 24.8 Å². The van der Waals surface area contributed by atoms with Gasteiger partial charge in [-0.3, -0.25) is 9.59 Å². The molecule has 0 aromatic heterocycles. The molecule has 2 aromatic rings. The van der Waals surface area contributed by atoms with Gasteiger partial charge in [0.15, 0.2) is 5.78 Å². The van der Waals surface area contributed by atoms with Crippen LogP contribution in [0.25, 0.3) is 11.1 Å². The highest BCUT2D eigenvalue weighted by Gasteiger charge is 2.50. The topological polar surface area (TPSA) is 69.7 Å². The van der Waals surface area contributed by atoms with E-state index in [-0.39, 0.29) is 29.7 Å². The van der Waals surface area contributed by atoms with Gasteiger partial charge < -0.3 is 9.47 Å². The van der Waals surface area contributed by atoms with E-state index < -0.39 is 12.1 Å². The van der Waals surface area contributed by atoms with Crippen LogP contribution in [-0.2, 0) is 19.1 Å². The summed E-state index contributed by atoms with van der Waals surface area (Å²) >= 11 is 0. The number of ketones is 1. The van der Waals surface area contributed by atoms with Gasteiger partial charge in [0.25, 0.3) is 0 Å². The van der Waals surface area contributed by atoms with Gasteiger partial charge >= 0.3 is 11.9 Å². The highest BCUT2D eigenvalue weighted by Crippen LogP contribution is 2.43. The van der Waals surface area contributed by atoms with Gasteiger partial charge in [0, 0.05) is 24.7 Å². The maximum atomic E-state index is 12.9. The van der Waals surface area contributed by atoms with E-state index in [2.05, 4.69) is 6.92 Å². The predicted octanol–water partition coefficient (Wildman–Crippen LogP) is 5.54. The van der Waals surface area contributed by atoms with Gasteiger partial charge in [-0.2, -0.15) is 0 Å². The number of carbonyl (C=O) groups is 3. The SMILES string of the molecule is CCCCCC(=O)/C=C/[C@@H]1[C@H]2CC(=O)O[C@H]2C[C@H]1OC(=O)c1ccc(-c2ccccc2)cc1. The number of hydrogen-bond acceptors (Lipinski definition) is 5. The average molecular weight is 447 g/mol. The Labute approximate surface area is 194 Å². The van der Waals surface area contributed by atoms with Crippen LogP contribution in [-0.4, -0.2) is 29.9 Å². The Hall–Kier alpha value is -3.21. The van der Waals surface area contributed by atoms with Gasteiger partial charge in [0.1, 0.15) is 12.2 Å². The molecular formula is C28H30O5. The highest BCUT2D eigenvalue weighted by atomic mass is 16.6. The van der Waals surface area contributed by atoms with Crippen LogP contribution >= 0.6 is 0 Å². The Kier molecular flexibility index (Phi) is 7.38. The minimum Gasteiger partial charge on any atom is -0.462 e. The van der Waals surface area contributed by atoms with Crippen molar-refractivity contribution < 1.29 is 23.9 Å². The molecule has 4 rings (SSSR count). The number of hydrogen-bond donors (Lipinski definition) is 0. The van der Waals surface area contributed by atoms with Crippen LogP contribution in [0, 0.1) is 11.8 Å². The van der Waals surface area contributed by atoms with Crippen LogP contribution in [0.1, 0.15) is 55.8 Å². The van der Waals surface area contributed by atoms with Gasteiger partial charge in [0.2, 0.25) is 0 Å². The lowest BCUT2D eigenvalue weighted by Crippen LogP contribution is -2.25. The molecule has 5 heteroatoms. The number of fused-ring (bicyclic) bond motifs is 1. The Morgan fingerprint density at radius 2 is 1.76 bits per heavy atom. The number of ether oxygens (including phenoxy) is 2. The van der Waals surface area contributed by atoms with Crippen molar-refractivity contribution >= 4 is 17.7 Å². The molecule has 0 amide bonds. The molecule has 0 spiro atoms. The van der Waals surface area contributed by atoms with E-state index in [0.717, 1.165) is 30.4 Å². The summed E-state index contributed by atoms with van der Waals surface area (Å²) in [6.45, 7) is 2.10. The van der Waals surface area contributed by atoms with Crippen molar-refractivity contribution in [2.24, 2.45) is 11.8 Å². The number of carbonyl (C=O) groups excluding carboxylic acids is 3. The number of rotatable bonds is 9. The van der Waals surface area contributed by atoms with Crippen molar-refractivity contribution in [3.63, 3.8) is 0 Å². The van der Waals surface area contributed by atoms with Crippen molar-refractivity contribution in [3.05, 3.63) is 72.3 Å². The maximum Gasteiger partial charge on any atom is 0.338 e. The molecule has 0 N–H and O–H groups in total. The first-order chi connectivity index (χ1) is 16.0. The number of allylic oxidation sites excluding steroid dienone is 1. The van der Waals surface area contributed by atoms with Crippen LogP contribution < -0.4 is 0 Å². The molecule has 0 radical (unpaired) electrons. The monoisotopic (exact) mass is 446 g/mol. The second-order valence-corrected chi connectivity index (χ2v) is 8.88. The van der Waals surface area contributed by atoms with Crippen LogP contribution in [0.5, 0.6) is 0 Å². The summed E-state index contributed by atoms with van der Waals surface area (Å²) in [6.07, 6.45) is 6.97. The summed E-state index contributed by atoms with van der Waals surface area (Å²) in [5.41, 5.74) is 2.58. The van der Waals surface area contributed by atoms with E-state index in [4.69, 9.17) is 9.47 Å². The highest BCUT2D eigenvalue weighted by molar-refractivity contribution is 5.91. The fraction of sp³-hybridized carbons (Fsp3) is 0.393. The lowest BCUT2D eigenvalue weighted by atomic mass is 9.91. The molecule has 172 valence electrons. The van der Waals surface area contributed by atoms with E-state index in [9.17, 15) is 14.4 Å². The molecule has 2 aliphatic rings. The second kappa shape index (κ2) is 10.6. The molecule has 0 unspecified atom stereocenters. The zero-order chi connectivity index (χ0) is 23.2. The lowest BCUT2D eigenvalue weighted by molar-refractivity contribution is -0.141. The minimum atomic E-state index is -0.422. The van der Waals surface area contributed by atoms with E-state index in [1.807, 2.05) is 48.5 Å². The number of benzene rings is 2. The summed E-state index contributed by atoms with van der Waals surface area (Å²) in [6, 6.07) is 17.3. The normalized spacial score (nSPS) is 24.0. The maximum absolute atomic E-state index is 12.9. The Morgan fingerprint density at radius 1 is 1.03 bits per heavy atom. The van der Waals surface area contributed by atoms with Crippen molar-refractivity contribution in [1.29, 1.82) is 0 Å². The van der Waals surface area contributed by atoms with Crippen molar-refractivity contribution in [3.8, 4) is 11.1 Å². The van der Waals surface area contributed by atoms with E-state index in [1.54, 1.807) is 18.2 Å². The summed E-state index contributed by atoms with van der Waals surface area (Å²) < 4.78 is 11.3. The van der Waals surface area contributed by atoms with Gasteiger partial charge in [-0.05, 0) is 35.8 Å². The summed E-state index contributed by atoms with van der Waals surface area (Å²) in [4.78, 5) is 36.9. The molecule has 1 saturated heterocycles. The first-order valence-corrected chi connectivity index (χ1v) is 11.8. The molecule has 33 heavy (non-hydrogen) atoms. The molecule has 2 fully saturated rings. The second-order valence-electron chi connectivity index (χ2n) is 8.88. The molecule has 0 bridgehead atoms. The number of unbranched alkanes of at least 4 members (excludes halogenated alkanes) is 2. The van der Waals surface area contributed by atoms with Crippen LogP contribution in [0.3, 0.4) is 0 Å². The molecule has 4 atom stereocenters. The molecule has 1 heterocycles. The van der Waals surface area contributed by atoms with Crippen LogP contribution in [0.15, 0.2) is 66.7 Å². The quantitative estimate of drug-likeness (QED) is 0.287. The third-order valence-corrected chi connectivity index (χ3v) is 6.57. The lowest BCUT2D eigenvalue weighted by Gasteiger charge is -2.20. The van der Waals surface area contributed by atoms with Crippen LogP contribution in [0.4, 0.5) is 0 Å². The van der Waals surface area contributed by atoms with Crippen LogP contribution in [0.2, 0.25) is 0 Å². The standard InChI is InChI=1S/C28H30O5/c1-2-3-5-10-22(29)15-16-23-24-17-27(30)32-26(24)18-25(23)33-28(31)21-13-11-20(12-14-21)19-8-6-4-7-9-19/h4,6-9,11-16,23-26H,2-3,5,10,17-18H2,1H3/b16-15+/t23-,24-,25-,26+/m1/s1. The fourth-order valence-electron chi connectivity index (χ4n) is 4.78. The summed E-state index contributed by atoms with van der Waals surface area (Å²) in [5, 5.41) is 0. The smallest absolute Gasteiger partial charge is 0.338 e. The van der Waals surface area contributed by atoms with E-state index >= 15 is 0 Å². The van der Waals surface area contributed by atoms with Crippen molar-refractivity contribution in [2.75, 3.05) is 0 Å². The third-order valence-electron chi connectivity index (χ3n) is 6.57. The molecule has 5 nitrogen and oxygen atoms in total. The Bertz CT molecular complexity index is 1010. The van der Waals surface area contributed by atoms with Crippen molar-refractivity contribution in [2.45, 2.75) is 57.7 Å². The zero-order valence-electron chi connectivity index (χ0n) is 18.9. The minimum absolute atomic E-state index is 0.0598. The van der Waals surface area contributed by atoms with E-state index in [1.165, 1.54) is 0 Å². The summed E-state index contributed by atoms with van der Waals surface area (Å²) in [5.74, 6) is -0.823. The molecule has 1 aliphatic heterocycles. The van der Waals surface area contributed by atoms with Gasteiger partial charge in [-0.1, -0.05) is 68.3 Å². The van der Waals surface area contributed by atoms with Crippen molar-refractivity contribution in [1.82, 2.24) is 0 Å². The van der Waals surface area contributed by atoms with Gasteiger partial charge in [-0.15, -0.1) is 0 Å². The first-order valence-electron chi connectivity index (χ1n) is 11.8. The zero-order valence-corrected chi connectivity index (χ0v) is 18.9. The largest absolute Gasteiger partial charge is 0.462 e. The fourth-order valence-corrected chi connectivity index (χ4v) is 4.78. The predicted molar refractivity (Wildman–Crippen MR) is 125 cm³/mol. The molecule has 2 aromatic carbocycles. The Morgan fingerprint density at radius 3 is 2.48 bits per heavy atom. The van der Waals surface area contributed by atoms with Gasteiger partial charge in [0.05, 0.1) is 12.0 Å². The van der Waals surface area contributed by atoms with Gasteiger partial charge in [-0.25, -0.2) is 4.79 Å². The first kappa shape index (κ1) is 23.0. The number of esters is 2. The molecular weight excluding hydrogens is 416 g/mol. The Balaban J connectivity index is 1.43. The third kappa shape index (κ3) is 5.59. The molecule has 1 saturated carbocycles. The summed E-state index contributed by atoms with van der Waals surface area (Å²) in [7, 11) is 0. The average Bonchev–Trinajstić information content (AvgIpc) is 3.33. The molecule has 1 aliphatic carbocycles.